The number of para-hydroxylation sites is 1. The average Bonchev–Trinajstić information content (AvgIpc) is 3.21. The number of hydrogen-bond acceptors (Lipinski definition) is 3. The molecule has 190 valence electrons. The molecule has 3 heterocycles. The molecule has 0 aliphatic carbocycles. The molecule has 0 N–H and O–H groups in total. The molecule has 2 aliphatic heterocycles. The second-order valence-corrected chi connectivity index (χ2v) is 9.38. The smallest absolute Gasteiger partial charge is 0.369 e. The fourth-order valence-electron chi connectivity index (χ4n) is 5.32. The summed E-state index contributed by atoms with van der Waals surface area (Å²) in [4.78, 5) is 18.8. The van der Waals surface area contributed by atoms with Crippen molar-refractivity contribution in [2.24, 2.45) is 7.05 Å². The van der Waals surface area contributed by atoms with Gasteiger partial charge in [0.2, 0.25) is 0 Å². The van der Waals surface area contributed by atoms with Gasteiger partial charge in [-0.1, -0.05) is 30.3 Å². The third kappa shape index (κ3) is 4.29. The van der Waals surface area contributed by atoms with Crippen molar-refractivity contribution in [1.29, 1.82) is 0 Å². The number of halogens is 4. The molecule has 1 fully saturated rings. The maximum Gasteiger partial charge on any atom is 0.416 e. The Balaban J connectivity index is 1.40. The Bertz CT molecular complexity index is 1260. The number of nitrogens with zero attached hydrogens (tertiary/aromatic N) is 5. The third-order valence-electron chi connectivity index (χ3n) is 7.19. The predicted octanol–water partition coefficient (Wildman–Crippen LogP) is 5.50. The number of benzene rings is 2. The molecule has 0 spiro atoms. The molecule has 1 aromatic heterocycles. The van der Waals surface area contributed by atoms with Crippen LogP contribution in [0.1, 0.15) is 35.2 Å². The summed E-state index contributed by atoms with van der Waals surface area (Å²) in [6.07, 6.45) is -1.74. The Hall–Kier alpha value is -3.56. The van der Waals surface area contributed by atoms with Crippen molar-refractivity contribution in [2.45, 2.75) is 45.1 Å². The summed E-state index contributed by atoms with van der Waals surface area (Å²) in [5.41, 5.74) is 2.01. The molecule has 10 heteroatoms. The molecule has 0 bridgehead atoms. The molecule has 3 aromatic rings. The van der Waals surface area contributed by atoms with Crippen molar-refractivity contribution in [3.05, 3.63) is 76.9 Å². The van der Waals surface area contributed by atoms with Crippen molar-refractivity contribution < 1.29 is 22.4 Å². The molecule has 0 atom stereocenters. The van der Waals surface area contributed by atoms with Crippen molar-refractivity contribution in [1.82, 2.24) is 14.7 Å². The highest BCUT2D eigenvalue weighted by Crippen LogP contribution is 2.37. The number of aromatic nitrogens is 2. The molecule has 6 nitrogen and oxygen atoms in total. The monoisotopic (exact) mass is 501 g/mol. The molecule has 1 saturated heterocycles. The summed E-state index contributed by atoms with van der Waals surface area (Å²) in [6, 6.07) is 9.87. The zero-order valence-electron chi connectivity index (χ0n) is 20.1. The van der Waals surface area contributed by atoms with Gasteiger partial charge in [-0.2, -0.15) is 18.3 Å². The molecule has 2 amide bonds. The minimum atomic E-state index is -4.52. The van der Waals surface area contributed by atoms with Crippen molar-refractivity contribution in [3.63, 3.8) is 0 Å². The number of alkyl halides is 3. The molecule has 0 saturated carbocycles. The number of piperidine rings is 1. The van der Waals surface area contributed by atoms with Crippen LogP contribution in [0.15, 0.2) is 48.7 Å². The molecule has 5 rings (SSSR count). The van der Waals surface area contributed by atoms with Crippen LogP contribution in [0.4, 0.5) is 33.7 Å². The zero-order valence-corrected chi connectivity index (χ0v) is 20.1. The Kier molecular flexibility index (Phi) is 6.13. The Morgan fingerprint density at radius 3 is 2.47 bits per heavy atom. The van der Waals surface area contributed by atoms with Gasteiger partial charge in [-0.05, 0) is 43.0 Å². The normalized spacial score (nSPS) is 17.1. The van der Waals surface area contributed by atoms with Crippen LogP contribution in [0.2, 0.25) is 0 Å². The van der Waals surface area contributed by atoms with Gasteiger partial charge in [-0.3, -0.25) is 9.58 Å². The number of amides is 2. The van der Waals surface area contributed by atoms with E-state index in [-0.39, 0.29) is 30.0 Å². The van der Waals surface area contributed by atoms with Crippen molar-refractivity contribution in [2.75, 3.05) is 22.9 Å². The first kappa shape index (κ1) is 24.1. The largest absolute Gasteiger partial charge is 0.416 e. The Morgan fingerprint density at radius 2 is 1.78 bits per heavy atom. The minimum absolute atomic E-state index is 0.0276. The van der Waals surface area contributed by atoms with E-state index in [9.17, 15) is 22.4 Å². The molecule has 0 unspecified atom stereocenters. The Morgan fingerprint density at radius 1 is 1.06 bits per heavy atom. The number of carbonyl (C=O) groups is 1. The molecular weight excluding hydrogens is 474 g/mol. The second-order valence-electron chi connectivity index (χ2n) is 9.38. The molecule has 36 heavy (non-hydrogen) atoms. The van der Waals surface area contributed by atoms with Gasteiger partial charge in [-0.25, -0.2) is 9.18 Å². The molecule has 2 aromatic carbocycles. The number of aryl methyl sites for hydroxylation is 2. The SMILES string of the molecule is Cc1cccc(F)c1N1CCC(N2Cc3c(cnn3C)N(Cc3ccccc3C(F)(F)F)C2=O)CC1. The highest BCUT2D eigenvalue weighted by Gasteiger charge is 2.40. The highest BCUT2D eigenvalue weighted by molar-refractivity contribution is 5.94. The number of urea groups is 1. The van der Waals surface area contributed by atoms with E-state index in [1.165, 1.54) is 29.3 Å². The fraction of sp³-hybridized carbons (Fsp3) is 0.385. The lowest BCUT2D eigenvalue weighted by Crippen LogP contribution is -2.54. The number of fused-ring (bicyclic) bond motifs is 1. The molecule has 0 radical (unpaired) electrons. The van der Waals surface area contributed by atoms with Gasteiger partial charge in [-0.15, -0.1) is 0 Å². The van der Waals surface area contributed by atoms with Crippen LogP contribution < -0.4 is 9.80 Å². The minimum Gasteiger partial charge on any atom is -0.369 e. The van der Waals surface area contributed by atoms with E-state index in [0.717, 1.165) is 17.3 Å². The molecule has 2 aliphatic rings. The lowest BCUT2D eigenvalue weighted by molar-refractivity contribution is -0.138. The summed E-state index contributed by atoms with van der Waals surface area (Å²) in [6.45, 7) is 3.14. The summed E-state index contributed by atoms with van der Waals surface area (Å²) >= 11 is 0. The lowest BCUT2D eigenvalue weighted by atomic mass is 10.00. The quantitative estimate of drug-likeness (QED) is 0.444. The van der Waals surface area contributed by atoms with Crippen LogP contribution in [0.3, 0.4) is 0 Å². The van der Waals surface area contributed by atoms with Gasteiger partial charge >= 0.3 is 12.2 Å². The second kappa shape index (κ2) is 9.15. The van der Waals surface area contributed by atoms with Crippen LogP contribution in [0, 0.1) is 12.7 Å². The van der Waals surface area contributed by atoms with Crippen molar-refractivity contribution >= 4 is 17.4 Å². The number of carbonyl (C=O) groups excluding carboxylic acids is 1. The van der Waals surface area contributed by atoms with E-state index in [1.807, 2.05) is 17.9 Å². The Labute approximate surface area is 206 Å². The first-order chi connectivity index (χ1) is 17.1. The summed E-state index contributed by atoms with van der Waals surface area (Å²) in [5, 5.41) is 4.27. The average molecular weight is 502 g/mol. The summed E-state index contributed by atoms with van der Waals surface area (Å²) < 4.78 is 57.1. The van der Waals surface area contributed by atoms with Gasteiger partial charge < -0.3 is 9.80 Å². The summed E-state index contributed by atoms with van der Waals surface area (Å²) in [7, 11) is 1.76. The van der Waals surface area contributed by atoms with Crippen LogP contribution in [0.25, 0.3) is 0 Å². The molecular formula is C26H27F4N5O. The standard InChI is InChI=1S/C26H27F4N5O/c1-17-6-5-9-21(27)24(17)33-12-10-19(11-13-33)34-16-23-22(14-31-32(23)2)35(25(34)36)15-18-7-3-4-8-20(18)26(28,29)30/h3-9,14,19H,10-13,15-16H2,1-2H3. The van der Waals surface area contributed by atoms with Crippen LogP contribution in [-0.2, 0) is 26.3 Å². The lowest BCUT2D eigenvalue weighted by Gasteiger charge is -2.44. The maximum absolute atomic E-state index is 14.5. The fourth-order valence-corrected chi connectivity index (χ4v) is 5.32. The van der Waals surface area contributed by atoms with E-state index in [1.54, 1.807) is 28.8 Å². The van der Waals surface area contributed by atoms with E-state index in [4.69, 9.17) is 0 Å². The van der Waals surface area contributed by atoms with Gasteiger partial charge in [0.25, 0.3) is 0 Å². The third-order valence-corrected chi connectivity index (χ3v) is 7.19. The number of anilines is 2. The van der Waals surface area contributed by atoms with E-state index in [2.05, 4.69) is 5.10 Å². The van der Waals surface area contributed by atoms with Gasteiger partial charge in [0.15, 0.2) is 0 Å². The zero-order chi connectivity index (χ0) is 25.6. The van der Waals surface area contributed by atoms with E-state index in [0.29, 0.717) is 43.9 Å². The van der Waals surface area contributed by atoms with Crippen molar-refractivity contribution in [3.8, 4) is 0 Å². The van der Waals surface area contributed by atoms with Gasteiger partial charge in [0, 0.05) is 26.2 Å². The van der Waals surface area contributed by atoms with E-state index < -0.39 is 11.7 Å². The predicted molar refractivity (Wildman–Crippen MR) is 128 cm³/mol. The number of hydrogen-bond donors (Lipinski definition) is 0. The van der Waals surface area contributed by atoms with Crippen LogP contribution >= 0.6 is 0 Å². The number of rotatable bonds is 4. The maximum atomic E-state index is 14.5. The highest BCUT2D eigenvalue weighted by atomic mass is 19.4. The van der Waals surface area contributed by atoms with Crippen LogP contribution in [0.5, 0.6) is 0 Å². The van der Waals surface area contributed by atoms with E-state index >= 15 is 0 Å². The van der Waals surface area contributed by atoms with Gasteiger partial charge in [0.1, 0.15) is 5.82 Å². The van der Waals surface area contributed by atoms with Gasteiger partial charge in [0.05, 0.1) is 41.9 Å². The van der Waals surface area contributed by atoms with Crippen LogP contribution in [-0.4, -0.2) is 39.8 Å². The first-order valence-corrected chi connectivity index (χ1v) is 11.9. The first-order valence-electron chi connectivity index (χ1n) is 11.9. The topological polar surface area (TPSA) is 44.6 Å². The summed E-state index contributed by atoms with van der Waals surface area (Å²) in [5.74, 6) is -0.267.